The Balaban J connectivity index is 1.58. The number of hydrazone groups is 1. The number of aromatic nitrogens is 4. The van der Waals surface area contributed by atoms with Gasteiger partial charge in [-0.25, -0.2) is 0 Å². The Morgan fingerprint density at radius 3 is 2.80 bits per heavy atom. The average molecular weight is 399 g/mol. The lowest BCUT2D eigenvalue weighted by atomic mass is 10.0. The van der Waals surface area contributed by atoms with E-state index in [1.54, 1.807) is 11.8 Å². The molecule has 0 fully saturated rings. The molecule has 2 heterocycles. The van der Waals surface area contributed by atoms with Gasteiger partial charge in [-0.05, 0) is 44.1 Å². The topological polar surface area (TPSA) is 77.2 Å². The molecular formula is C17H15BrN6O. The molecule has 1 N–H and O–H groups in total. The third-order valence-corrected chi connectivity index (χ3v) is 4.68. The van der Waals surface area contributed by atoms with Crippen LogP contribution in [0, 0.1) is 0 Å². The van der Waals surface area contributed by atoms with Crippen molar-refractivity contribution in [3.8, 4) is 17.1 Å². The molecule has 0 saturated heterocycles. The minimum Gasteiger partial charge on any atom is -0.496 e. The summed E-state index contributed by atoms with van der Waals surface area (Å²) in [6.45, 7) is 0. The molecule has 2 aromatic carbocycles. The molecule has 0 amide bonds. The zero-order chi connectivity index (χ0) is 17.2. The van der Waals surface area contributed by atoms with Crippen LogP contribution in [0.4, 0.5) is 0 Å². The van der Waals surface area contributed by atoms with E-state index in [2.05, 4.69) is 42.0 Å². The molecule has 1 unspecified atom stereocenters. The second-order valence-corrected chi connectivity index (χ2v) is 6.44. The number of ether oxygens (including phenoxy) is 1. The van der Waals surface area contributed by atoms with E-state index in [0.717, 1.165) is 27.2 Å². The quantitative estimate of drug-likeness (QED) is 0.733. The molecule has 0 spiro atoms. The monoisotopic (exact) mass is 398 g/mol. The Morgan fingerprint density at radius 2 is 2.04 bits per heavy atom. The van der Waals surface area contributed by atoms with Crippen LogP contribution in [-0.4, -0.2) is 33.2 Å². The van der Waals surface area contributed by atoms with Gasteiger partial charge in [-0.2, -0.15) is 9.78 Å². The lowest BCUT2D eigenvalue weighted by Gasteiger charge is -2.12. The van der Waals surface area contributed by atoms with Crippen LogP contribution in [0.2, 0.25) is 0 Å². The molecule has 3 aromatic rings. The number of halogens is 1. The predicted molar refractivity (Wildman–Crippen MR) is 97.3 cm³/mol. The van der Waals surface area contributed by atoms with Crippen molar-refractivity contribution in [3.63, 3.8) is 0 Å². The fraction of sp³-hybridized carbons (Fsp3) is 0.176. The molecule has 7 nitrogen and oxygen atoms in total. The molecule has 1 atom stereocenters. The van der Waals surface area contributed by atoms with E-state index < -0.39 is 0 Å². The lowest BCUT2D eigenvalue weighted by Crippen LogP contribution is -2.14. The lowest BCUT2D eigenvalue weighted by molar-refractivity contribution is 0.411. The van der Waals surface area contributed by atoms with Crippen LogP contribution in [0.25, 0.3) is 11.4 Å². The van der Waals surface area contributed by atoms with Crippen molar-refractivity contribution < 1.29 is 4.74 Å². The predicted octanol–water partition coefficient (Wildman–Crippen LogP) is 3.01. The minimum atomic E-state index is 0.0602. The fourth-order valence-corrected chi connectivity index (χ4v) is 3.34. The zero-order valence-electron chi connectivity index (χ0n) is 13.4. The van der Waals surface area contributed by atoms with E-state index in [4.69, 9.17) is 4.74 Å². The van der Waals surface area contributed by atoms with Gasteiger partial charge in [0.25, 0.3) is 0 Å². The SMILES string of the molecule is COc1ccc(C2CC(n3nnnc3-c3ccccc3)=NN2)cc1Br. The maximum absolute atomic E-state index is 5.28. The van der Waals surface area contributed by atoms with Gasteiger partial charge in [-0.15, -0.1) is 5.10 Å². The van der Waals surface area contributed by atoms with Crippen molar-refractivity contribution in [1.29, 1.82) is 0 Å². The summed E-state index contributed by atoms with van der Waals surface area (Å²) >= 11 is 3.52. The first-order chi connectivity index (χ1) is 12.3. The normalized spacial score (nSPS) is 16.4. The number of benzene rings is 2. The molecular weight excluding hydrogens is 384 g/mol. The van der Waals surface area contributed by atoms with E-state index in [9.17, 15) is 0 Å². The molecule has 0 radical (unpaired) electrons. The Bertz CT molecular complexity index is 924. The maximum atomic E-state index is 5.28. The number of methoxy groups -OCH3 is 1. The summed E-state index contributed by atoms with van der Waals surface area (Å²) in [7, 11) is 1.65. The number of nitrogens with zero attached hydrogens (tertiary/aromatic N) is 5. The van der Waals surface area contributed by atoms with Gasteiger partial charge in [0, 0.05) is 12.0 Å². The summed E-state index contributed by atoms with van der Waals surface area (Å²) in [6, 6.07) is 15.9. The van der Waals surface area contributed by atoms with Gasteiger partial charge in [0.15, 0.2) is 11.7 Å². The second kappa shape index (κ2) is 6.64. The minimum absolute atomic E-state index is 0.0602. The molecule has 0 aliphatic carbocycles. The van der Waals surface area contributed by atoms with E-state index in [-0.39, 0.29) is 6.04 Å². The van der Waals surface area contributed by atoms with Crippen LogP contribution < -0.4 is 10.2 Å². The molecule has 25 heavy (non-hydrogen) atoms. The molecule has 1 aromatic heterocycles. The van der Waals surface area contributed by atoms with Crippen molar-refractivity contribution >= 4 is 21.8 Å². The van der Waals surface area contributed by atoms with Gasteiger partial charge in [-0.3, -0.25) is 0 Å². The number of tetrazole rings is 1. The van der Waals surface area contributed by atoms with Crippen LogP contribution >= 0.6 is 15.9 Å². The number of rotatable bonds is 3. The second-order valence-electron chi connectivity index (χ2n) is 5.59. The van der Waals surface area contributed by atoms with Crippen molar-refractivity contribution in [2.45, 2.75) is 12.5 Å². The number of nitrogens with one attached hydrogen (secondary N) is 1. The van der Waals surface area contributed by atoms with E-state index in [1.165, 1.54) is 0 Å². The van der Waals surface area contributed by atoms with Crippen LogP contribution in [0.3, 0.4) is 0 Å². The molecule has 0 bridgehead atoms. The molecule has 1 aliphatic heterocycles. The summed E-state index contributed by atoms with van der Waals surface area (Å²) in [5.74, 6) is 2.26. The van der Waals surface area contributed by atoms with Gasteiger partial charge in [0.1, 0.15) is 5.75 Å². The molecule has 126 valence electrons. The van der Waals surface area contributed by atoms with E-state index >= 15 is 0 Å². The first-order valence-electron chi connectivity index (χ1n) is 7.76. The maximum Gasteiger partial charge on any atom is 0.188 e. The first kappa shape index (κ1) is 15.8. The van der Waals surface area contributed by atoms with E-state index in [0.29, 0.717) is 12.2 Å². The summed E-state index contributed by atoms with van der Waals surface area (Å²) in [4.78, 5) is 0. The van der Waals surface area contributed by atoms with Crippen molar-refractivity contribution in [2.75, 3.05) is 7.11 Å². The fourth-order valence-electron chi connectivity index (χ4n) is 2.78. The summed E-state index contributed by atoms with van der Waals surface area (Å²) in [5, 5.41) is 16.5. The third kappa shape index (κ3) is 3.00. The summed E-state index contributed by atoms with van der Waals surface area (Å²) in [5.41, 5.74) is 5.23. The summed E-state index contributed by atoms with van der Waals surface area (Å²) in [6.07, 6.45) is 0.684. The highest BCUT2D eigenvalue weighted by molar-refractivity contribution is 9.10. The highest BCUT2D eigenvalue weighted by atomic mass is 79.9. The van der Waals surface area contributed by atoms with E-state index in [1.807, 2.05) is 48.5 Å². The largest absolute Gasteiger partial charge is 0.496 e. The molecule has 0 saturated carbocycles. The highest BCUT2D eigenvalue weighted by Gasteiger charge is 2.25. The van der Waals surface area contributed by atoms with Gasteiger partial charge in [0.05, 0.1) is 17.6 Å². The Kier molecular flexibility index (Phi) is 4.19. The molecule has 1 aliphatic rings. The first-order valence-corrected chi connectivity index (χ1v) is 8.55. The highest BCUT2D eigenvalue weighted by Crippen LogP contribution is 2.31. The van der Waals surface area contributed by atoms with Gasteiger partial charge >= 0.3 is 0 Å². The van der Waals surface area contributed by atoms with Crippen LogP contribution in [0.15, 0.2) is 58.1 Å². The van der Waals surface area contributed by atoms with Crippen LogP contribution in [0.1, 0.15) is 18.0 Å². The number of hydrogen-bond acceptors (Lipinski definition) is 6. The van der Waals surface area contributed by atoms with Crippen LogP contribution in [-0.2, 0) is 0 Å². The summed E-state index contributed by atoms with van der Waals surface area (Å²) < 4.78 is 7.87. The van der Waals surface area contributed by atoms with Crippen molar-refractivity contribution in [1.82, 2.24) is 25.6 Å². The standard InChI is InChI=1S/C17H15BrN6O/c1-25-15-8-7-12(9-13(15)18)14-10-16(20-19-14)24-17(21-22-23-24)11-5-3-2-4-6-11/h2-9,14,19H,10H2,1H3. The van der Waals surface area contributed by atoms with Gasteiger partial charge in [0.2, 0.25) is 0 Å². The number of hydrogen-bond donors (Lipinski definition) is 1. The Labute approximate surface area is 152 Å². The van der Waals surface area contributed by atoms with Crippen LogP contribution in [0.5, 0.6) is 5.75 Å². The molecule has 8 heteroatoms. The van der Waals surface area contributed by atoms with Crippen molar-refractivity contribution in [2.24, 2.45) is 5.10 Å². The Hall–Kier alpha value is -2.74. The zero-order valence-corrected chi connectivity index (χ0v) is 15.0. The van der Waals surface area contributed by atoms with Crippen molar-refractivity contribution in [3.05, 3.63) is 58.6 Å². The average Bonchev–Trinajstić information content (AvgIpc) is 3.31. The van der Waals surface area contributed by atoms with Gasteiger partial charge < -0.3 is 10.2 Å². The smallest absolute Gasteiger partial charge is 0.188 e. The Morgan fingerprint density at radius 1 is 1.20 bits per heavy atom. The van der Waals surface area contributed by atoms with Gasteiger partial charge in [-0.1, -0.05) is 36.4 Å². The molecule has 4 rings (SSSR count). The third-order valence-electron chi connectivity index (χ3n) is 4.06.